The van der Waals surface area contributed by atoms with Gasteiger partial charge in [-0.1, -0.05) is 30.7 Å². The van der Waals surface area contributed by atoms with Crippen LogP contribution in [-0.2, 0) is 14.9 Å². The number of amides is 1. The molecule has 0 aromatic heterocycles. The molecule has 2 aromatic carbocycles. The van der Waals surface area contributed by atoms with Crippen LogP contribution < -0.4 is 8.92 Å². The second-order valence-electron chi connectivity index (χ2n) is 7.52. The van der Waals surface area contributed by atoms with Gasteiger partial charge in [0.25, 0.3) is 5.91 Å². The Kier molecular flexibility index (Phi) is 6.58. The van der Waals surface area contributed by atoms with E-state index in [0.29, 0.717) is 10.7 Å². The highest BCUT2D eigenvalue weighted by Gasteiger charge is 2.35. The summed E-state index contributed by atoms with van der Waals surface area (Å²) in [5, 5.41) is 15.4. The molecule has 176 valence electrons. The van der Waals surface area contributed by atoms with Gasteiger partial charge in [0.1, 0.15) is 9.94 Å². The largest absolute Gasteiger partial charge is 0.493 e. The first-order valence-corrected chi connectivity index (χ1v) is 12.6. The zero-order valence-corrected chi connectivity index (χ0v) is 20.4. The lowest BCUT2D eigenvalue weighted by molar-refractivity contribution is -0.114. The third-order valence-corrected chi connectivity index (χ3v) is 7.18. The summed E-state index contributed by atoms with van der Waals surface area (Å²) < 4.78 is 35.9. The highest BCUT2D eigenvalue weighted by atomic mass is 32.2. The Hall–Kier alpha value is -3.44. The van der Waals surface area contributed by atoms with E-state index in [2.05, 4.69) is 10.1 Å². The molecule has 0 bridgehead atoms. The van der Waals surface area contributed by atoms with Crippen molar-refractivity contribution in [3.8, 4) is 11.5 Å². The smallest absolute Gasteiger partial charge is 0.339 e. The van der Waals surface area contributed by atoms with E-state index in [9.17, 15) is 13.2 Å². The van der Waals surface area contributed by atoms with Crippen molar-refractivity contribution >= 4 is 49.9 Å². The van der Waals surface area contributed by atoms with Crippen LogP contribution in [0, 0.1) is 12.3 Å². The van der Waals surface area contributed by atoms with Crippen molar-refractivity contribution in [2.75, 3.05) is 7.11 Å². The van der Waals surface area contributed by atoms with E-state index in [4.69, 9.17) is 14.3 Å². The number of nitrogens with zero attached hydrogens (tertiary/aromatic N) is 3. The lowest BCUT2D eigenvalue weighted by atomic mass is 10.1. The zero-order chi connectivity index (χ0) is 24.5. The maximum atomic E-state index is 12.7. The Balaban J connectivity index is 1.61. The number of carbonyl (C=O) groups excluding carboxylic acids is 1. The molecule has 0 spiro atoms. The summed E-state index contributed by atoms with van der Waals surface area (Å²) in [5.41, 5.74) is 1.50. The van der Waals surface area contributed by atoms with Crippen LogP contribution in [0.4, 0.5) is 0 Å². The maximum Gasteiger partial charge on any atom is 0.339 e. The van der Waals surface area contributed by atoms with Crippen molar-refractivity contribution in [2.24, 2.45) is 10.1 Å². The maximum absolute atomic E-state index is 12.7. The number of aryl methyl sites for hydroxylation is 1. The van der Waals surface area contributed by atoms with Gasteiger partial charge in [0.15, 0.2) is 17.3 Å². The third kappa shape index (κ3) is 4.75. The summed E-state index contributed by atoms with van der Waals surface area (Å²) in [6.45, 7) is 3.88. The van der Waals surface area contributed by atoms with Crippen molar-refractivity contribution in [3.63, 3.8) is 0 Å². The van der Waals surface area contributed by atoms with E-state index in [1.807, 2.05) is 13.8 Å². The lowest BCUT2D eigenvalue weighted by Crippen LogP contribution is -2.35. The lowest BCUT2D eigenvalue weighted by Gasteiger charge is -2.20. The number of nitrogens with one attached hydrogen (secondary N) is 1. The summed E-state index contributed by atoms with van der Waals surface area (Å²) >= 11 is 1.29. The number of hydrazone groups is 1. The highest BCUT2D eigenvalue weighted by Crippen LogP contribution is 2.33. The molecule has 2 aliphatic heterocycles. The molecule has 34 heavy (non-hydrogen) atoms. The van der Waals surface area contributed by atoms with Crippen LogP contribution >= 0.6 is 11.8 Å². The molecule has 0 aliphatic carbocycles. The second kappa shape index (κ2) is 9.43. The fourth-order valence-corrected chi connectivity index (χ4v) is 5.15. The average Bonchev–Trinajstić information content (AvgIpc) is 3.20. The quantitative estimate of drug-likeness (QED) is 0.449. The number of methoxy groups -OCH3 is 1. The van der Waals surface area contributed by atoms with E-state index >= 15 is 0 Å². The van der Waals surface area contributed by atoms with Crippen molar-refractivity contribution < 1.29 is 22.1 Å². The van der Waals surface area contributed by atoms with Crippen LogP contribution in [0.5, 0.6) is 11.5 Å². The minimum absolute atomic E-state index is 0.000305. The van der Waals surface area contributed by atoms with Crippen LogP contribution in [0.1, 0.15) is 30.9 Å². The molecule has 2 aliphatic rings. The highest BCUT2D eigenvalue weighted by molar-refractivity contribution is 8.26. The molecule has 0 unspecified atom stereocenters. The van der Waals surface area contributed by atoms with Crippen LogP contribution in [0.3, 0.4) is 0 Å². The van der Waals surface area contributed by atoms with Gasteiger partial charge in [-0.2, -0.15) is 23.5 Å². The number of aliphatic imine (C=N–C) groups is 1. The van der Waals surface area contributed by atoms with Gasteiger partial charge in [-0.25, -0.2) is 0 Å². The molecule has 0 saturated carbocycles. The first kappa shape index (κ1) is 23.7. The molecule has 1 amide bonds. The molecule has 4 rings (SSSR count). The number of amidine groups is 2. The van der Waals surface area contributed by atoms with E-state index < -0.39 is 16.0 Å². The summed E-state index contributed by atoms with van der Waals surface area (Å²) in [4.78, 5) is 16.7. The van der Waals surface area contributed by atoms with Crippen LogP contribution in [0.2, 0.25) is 0 Å². The Morgan fingerprint density at radius 1 is 1.15 bits per heavy atom. The summed E-state index contributed by atoms with van der Waals surface area (Å²) in [6, 6.07) is 10.8. The molecular formula is C23H22N4O5S2. The number of rotatable bonds is 7. The monoisotopic (exact) mass is 498 g/mol. The molecule has 11 heteroatoms. The Morgan fingerprint density at radius 2 is 1.88 bits per heavy atom. The van der Waals surface area contributed by atoms with Gasteiger partial charge in [-0.05, 0) is 67.4 Å². The van der Waals surface area contributed by atoms with Gasteiger partial charge in [0, 0.05) is 0 Å². The molecule has 0 fully saturated rings. The number of ether oxygens (including phenoxy) is 1. The van der Waals surface area contributed by atoms with E-state index in [1.54, 1.807) is 18.2 Å². The van der Waals surface area contributed by atoms with Gasteiger partial charge in [-0.15, -0.1) is 0 Å². The zero-order valence-electron chi connectivity index (χ0n) is 18.7. The number of fused-ring (bicyclic) bond motifs is 1. The molecule has 1 N–H and O–H groups in total. The summed E-state index contributed by atoms with van der Waals surface area (Å²) in [5.74, 6) is -0.461. The number of thioether (sulfide) groups is 1. The van der Waals surface area contributed by atoms with Crippen molar-refractivity contribution in [1.82, 2.24) is 5.01 Å². The topological polar surface area (TPSA) is 121 Å². The minimum atomic E-state index is -4.07. The molecule has 2 heterocycles. The predicted molar refractivity (Wildman–Crippen MR) is 132 cm³/mol. The SMILES string of the molecule is CCCC1=NN2C(=N)C(=Cc3ccc(OS(=O)(=O)c4ccc(C)cc4)c(OC)c3)C(=O)N=C2S1. The van der Waals surface area contributed by atoms with Crippen molar-refractivity contribution in [3.05, 3.63) is 59.2 Å². The average molecular weight is 499 g/mol. The van der Waals surface area contributed by atoms with Crippen molar-refractivity contribution in [2.45, 2.75) is 31.6 Å². The fourth-order valence-electron chi connectivity index (χ4n) is 3.23. The minimum Gasteiger partial charge on any atom is -0.493 e. The fraction of sp³-hybridized carbons (Fsp3) is 0.217. The van der Waals surface area contributed by atoms with Crippen LogP contribution in [0.25, 0.3) is 6.08 Å². The number of benzene rings is 2. The van der Waals surface area contributed by atoms with Gasteiger partial charge in [0.05, 0.1) is 12.7 Å². The Labute approximate surface area is 201 Å². The molecule has 0 saturated heterocycles. The molecule has 0 radical (unpaired) electrons. The Morgan fingerprint density at radius 3 is 2.56 bits per heavy atom. The third-order valence-electron chi connectivity index (χ3n) is 4.97. The summed E-state index contributed by atoms with van der Waals surface area (Å²) in [7, 11) is -2.68. The molecule has 0 atom stereocenters. The van der Waals surface area contributed by atoms with E-state index in [-0.39, 0.29) is 27.8 Å². The van der Waals surface area contributed by atoms with Gasteiger partial charge < -0.3 is 8.92 Å². The van der Waals surface area contributed by atoms with Crippen molar-refractivity contribution in [1.29, 1.82) is 5.41 Å². The Bertz CT molecular complexity index is 1360. The first-order chi connectivity index (χ1) is 16.2. The number of hydrogen-bond acceptors (Lipinski definition) is 8. The standard InChI is InChI=1S/C23H22N4O5S2/c1-4-5-20-26-27-21(24)17(22(28)25-23(27)33-20)12-15-8-11-18(19(13-15)31-3)32-34(29,30)16-9-6-14(2)7-10-16/h6-13,24H,4-5H2,1-3H3. The molecular weight excluding hydrogens is 476 g/mol. The van der Waals surface area contributed by atoms with E-state index in [0.717, 1.165) is 23.4 Å². The van der Waals surface area contributed by atoms with Gasteiger partial charge in [0.2, 0.25) is 5.17 Å². The van der Waals surface area contributed by atoms with Gasteiger partial charge >= 0.3 is 10.1 Å². The number of carbonyl (C=O) groups is 1. The number of hydrogen-bond donors (Lipinski definition) is 1. The van der Waals surface area contributed by atoms with Crippen LogP contribution in [0.15, 0.2) is 63.0 Å². The van der Waals surface area contributed by atoms with Gasteiger partial charge in [-0.3, -0.25) is 10.2 Å². The normalized spacial score (nSPS) is 16.9. The summed E-state index contributed by atoms with van der Waals surface area (Å²) in [6.07, 6.45) is 3.12. The first-order valence-electron chi connectivity index (χ1n) is 10.4. The predicted octanol–water partition coefficient (Wildman–Crippen LogP) is 4.19. The molecule has 9 nitrogen and oxygen atoms in total. The molecule has 2 aromatic rings. The van der Waals surface area contributed by atoms with E-state index in [1.165, 1.54) is 54.2 Å². The van der Waals surface area contributed by atoms with Crippen LogP contribution in [-0.4, -0.2) is 42.5 Å². The second-order valence-corrected chi connectivity index (χ2v) is 10.1.